The molecule has 0 spiro atoms. The van der Waals surface area contributed by atoms with Crippen LogP contribution in [-0.2, 0) is 0 Å². The third kappa shape index (κ3) is 3.78. The van der Waals surface area contributed by atoms with Gasteiger partial charge >= 0.3 is 0 Å². The fourth-order valence-electron chi connectivity index (χ4n) is 7.83. The highest BCUT2D eigenvalue weighted by Crippen LogP contribution is 2.44. The average Bonchev–Trinajstić information content (AvgIpc) is 3.47. The molecule has 0 bridgehead atoms. The molecule has 0 N–H and O–H groups in total. The molecular formula is C45H26N2. The van der Waals surface area contributed by atoms with Crippen molar-refractivity contribution >= 4 is 64.9 Å². The molecule has 1 heterocycles. The highest BCUT2D eigenvalue weighted by atomic mass is 15.0. The molecule has 216 valence electrons. The Morgan fingerprint density at radius 3 is 1.81 bits per heavy atom. The number of aromatic nitrogens is 1. The first-order valence-corrected chi connectivity index (χ1v) is 16.0. The minimum atomic E-state index is 0.667. The van der Waals surface area contributed by atoms with Gasteiger partial charge in [0.05, 0.1) is 22.7 Å². The molecule has 9 aromatic carbocycles. The number of hydrogen-bond acceptors (Lipinski definition) is 1. The standard InChI is InChI=1S/C45H26N2/c46-27-28-22-32-16-17-33-24-34(26-43-45(33)44(32)42(23-28)47(43)35-19-18-29-8-1-2-10-31(29)25-35)37-20-21-41(40-14-6-5-13-38(37)40)39-15-7-11-30-9-3-4-12-36(30)39/h1-26H. The molecule has 47 heavy (non-hydrogen) atoms. The maximum atomic E-state index is 9.98. The largest absolute Gasteiger partial charge is 0.309 e. The maximum absolute atomic E-state index is 9.98. The lowest BCUT2D eigenvalue weighted by atomic mass is 9.89. The number of nitrogens with zero attached hydrogens (tertiary/aromatic N) is 2. The average molecular weight is 595 g/mol. The molecule has 10 rings (SSSR count). The molecule has 0 amide bonds. The zero-order valence-corrected chi connectivity index (χ0v) is 25.4. The minimum Gasteiger partial charge on any atom is -0.309 e. The summed E-state index contributed by atoms with van der Waals surface area (Å²) in [4.78, 5) is 0. The maximum Gasteiger partial charge on any atom is 0.0992 e. The van der Waals surface area contributed by atoms with Crippen molar-refractivity contribution < 1.29 is 0 Å². The predicted molar refractivity (Wildman–Crippen MR) is 198 cm³/mol. The van der Waals surface area contributed by atoms with Crippen LogP contribution in [0, 0.1) is 11.3 Å². The highest BCUT2D eigenvalue weighted by Gasteiger charge is 2.20. The van der Waals surface area contributed by atoms with E-state index in [1.807, 2.05) is 12.1 Å². The SMILES string of the molecule is N#Cc1cc2ccc3cc(-c4ccc(-c5cccc6ccccc56)c5ccccc45)cc4c3c2c(c1)n4-c1ccc2ccccc2c1. The molecule has 0 atom stereocenters. The number of rotatable bonds is 3. The second-order valence-corrected chi connectivity index (χ2v) is 12.5. The Hall–Kier alpha value is -6.43. The second-order valence-electron chi connectivity index (χ2n) is 12.5. The van der Waals surface area contributed by atoms with Crippen LogP contribution >= 0.6 is 0 Å². The summed E-state index contributed by atoms with van der Waals surface area (Å²) in [5.41, 5.74) is 8.82. The van der Waals surface area contributed by atoms with Crippen LogP contribution in [0.3, 0.4) is 0 Å². The van der Waals surface area contributed by atoms with E-state index in [0.717, 1.165) is 22.1 Å². The van der Waals surface area contributed by atoms with Crippen LogP contribution in [0.2, 0.25) is 0 Å². The predicted octanol–water partition coefficient (Wildman–Crippen LogP) is 12.0. The zero-order valence-electron chi connectivity index (χ0n) is 25.4. The Morgan fingerprint density at radius 1 is 0.404 bits per heavy atom. The van der Waals surface area contributed by atoms with Gasteiger partial charge in [0.2, 0.25) is 0 Å². The molecular weight excluding hydrogens is 569 g/mol. The van der Waals surface area contributed by atoms with Crippen LogP contribution in [0.25, 0.3) is 92.8 Å². The lowest BCUT2D eigenvalue weighted by Crippen LogP contribution is -1.95. The molecule has 0 radical (unpaired) electrons. The molecule has 0 unspecified atom stereocenters. The van der Waals surface area contributed by atoms with E-state index in [9.17, 15) is 5.26 Å². The van der Waals surface area contributed by atoms with Gasteiger partial charge in [-0.3, -0.25) is 0 Å². The van der Waals surface area contributed by atoms with Gasteiger partial charge in [-0.2, -0.15) is 5.26 Å². The molecule has 0 aliphatic heterocycles. The lowest BCUT2D eigenvalue weighted by Gasteiger charge is -2.15. The van der Waals surface area contributed by atoms with E-state index in [2.05, 4.69) is 156 Å². The first-order chi connectivity index (χ1) is 23.2. The van der Waals surface area contributed by atoms with Crippen molar-refractivity contribution in [2.75, 3.05) is 0 Å². The summed E-state index contributed by atoms with van der Waals surface area (Å²) in [7, 11) is 0. The number of benzene rings is 9. The smallest absolute Gasteiger partial charge is 0.0992 e. The normalized spacial score (nSPS) is 11.8. The van der Waals surface area contributed by atoms with Crippen molar-refractivity contribution in [3.63, 3.8) is 0 Å². The summed E-state index contributed by atoms with van der Waals surface area (Å²) in [6, 6.07) is 59.3. The molecule has 2 heteroatoms. The summed E-state index contributed by atoms with van der Waals surface area (Å²) in [5, 5.41) is 22.1. The van der Waals surface area contributed by atoms with Gasteiger partial charge in [0.25, 0.3) is 0 Å². The summed E-state index contributed by atoms with van der Waals surface area (Å²) in [6.45, 7) is 0. The van der Waals surface area contributed by atoms with E-state index in [-0.39, 0.29) is 0 Å². The Balaban J connectivity index is 1.28. The van der Waals surface area contributed by atoms with Gasteiger partial charge in [0.15, 0.2) is 0 Å². The van der Waals surface area contributed by atoms with Crippen molar-refractivity contribution in [1.29, 1.82) is 5.26 Å². The van der Waals surface area contributed by atoms with Crippen molar-refractivity contribution in [3.8, 4) is 34.0 Å². The van der Waals surface area contributed by atoms with Crippen LogP contribution in [-0.4, -0.2) is 4.57 Å². The highest BCUT2D eigenvalue weighted by molar-refractivity contribution is 6.25. The van der Waals surface area contributed by atoms with Crippen molar-refractivity contribution in [2.24, 2.45) is 0 Å². The first kappa shape index (κ1) is 25.9. The minimum absolute atomic E-state index is 0.667. The van der Waals surface area contributed by atoms with Gasteiger partial charge in [0.1, 0.15) is 0 Å². The summed E-state index contributed by atoms with van der Waals surface area (Å²) in [6.07, 6.45) is 0. The van der Waals surface area contributed by atoms with E-state index in [1.165, 1.54) is 70.7 Å². The fourth-order valence-corrected chi connectivity index (χ4v) is 7.83. The fraction of sp³-hybridized carbons (Fsp3) is 0. The molecule has 0 saturated carbocycles. The molecule has 0 aliphatic rings. The topological polar surface area (TPSA) is 28.7 Å². The van der Waals surface area contributed by atoms with Crippen LogP contribution in [0.4, 0.5) is 0 Å². The van der Waals surface area contributed by atoms with E-state index in [0.29, 0.717) is 5.56 Å². The zero-order chi connectivity index (χ0) is 31.1. The molecule has 1 aromatic heterocycles. The van der Waals surface area contributed by atoms with Gasteiger partial charge in [-0.15, -0.1) is 0 Å². The van der Waals surface area contributed by atoms with Gasteiger partial charge in [0, 0.05) is 16.5 Å². The van der Waals surface area contributed by atoms with Crippen molar-refractivity contribution in [2.45, 2.75) is 0 Å². The first-order valence-electron chi connectivity index (χ1n) is 16.0. The van der Waals surface area contributed by atoms with Crippen LogP contribution in [0.5, 0.6) is 0 Å². The van der Waals surface area contributed by atoms with Gasteiger partial charge < -0.3 is 4.57 Å². The quantitative estimate of drug-likeness (QED) is 0.187. The summed E-state index contributed by atoms with van der Waals surface area (Å²) in [5.74, 6) is 0. The van der Waals surface area contributed by atoms with Crippen LogP contribution < -0.4 is 0 Å². The van der Waals surface area contributed by atoms with Crippen LogP contribution in [0.15, 0.2) is 158 Å². The Morgan fingerprint density at radius 2 is 1.00 bits per heavy atom. The molecule has 0 saturated heterocycles. The Labute approximate surface area is 271 Å². The van der Waals surface area contributed by atoms with Crippen LogP contribution in [0.1, 0.15) is 5.56 Å². The van der Waals surface area contributed by atoms with Gasteiger partial charge in [-0.25, -0.2) is 0 Å². The van der Waals surface area contributed by atoms with E-state index >= 15 is 0 Å². The summed E-state index contributed by atoms with van der Waals surface area (Å²) < 4.78 is 2.36. The van der Waals surface area contributed by atoms with Crippen molar-refractivity contribution in [3.05, 3.63) is 163 Å². The van der Waals surface area contributed by atoms with Gasteiger partial charge in [-0.1, -0.05) is 121 Å². The Kier molecular flexibility index (Phi) is 5.38. The number of fused-ring (bicyclic) bond motifs is 3. The van der Waals surface area contributed by atoms with E-state index in [1.54, 1.807) is 0 Å². The third-order valence-corrected chi connectivity index (χ3v) is 9.91. The molecule has 0 aliphatic carbocycles. The third-order valence-electron chi connectivity index (χ3n) is 9.91. The second kappa shape index (κ2) is 9.78. The van der Waals surface area contributed by atoms with Gasteiger partial charge in [-0.05, 0) is 102 Å². The summed E-state index contributed by atoms with van der Waals surface area (Å²) >= 11 is 0. The molecule has 2 nitrogen and oxygen atoms in total. The molecule has 0 fully saturated rings. The van der Waals surface area contributed by atoms with Crippen molar-refractivity contribution in [1.82, 2.24) is 4.57 Å². The van der Waals surface area contributed by atoms with E-state index < -0.39 is 0 Å². The lowest BCUT2D eigenvalue weighted by molar-refractivity contribution is 1.19. The number of hydrogen-bond donors (Lipinski definition) is 0. The molecule has 10 aromatic rings. The number of nitriles is 1. The van der Waals surface area contributed by atoms with E-state index in [4.69, 9.17) is 0 Å². The monoisotopic (exact) mass is 594 g/mol. The Bertz CT molecular complexity index is 2910.